The summed E-state index contributed by atoms with van der Waals surface area (Å²) in [6.45, 7) is 3.70. The first-order valence-electron chi connectivity index (χ1n) is 6.29. The molecule has 0 bridgehead atoms. The number of thioether (sulfide) groups is 1. The van der Waals surface area contributed by atoms with Gasteiger partial charge in [-0.15, -0.1) is 11.8 Å². The fourth-order valence-corrected chi connectivity index (χ4v) is 3.44. The zero-order chi connectivity index (χ0) is 13.9. The zero-order valence-electron chi connectivity index (χ0n) is 11.4. The van der Waals surface area contributed by atoms with Crippen LogP contribution < -0.4 is 0 Å². The number of nitrogens with zero attached hydrogens (tertiary/aromatic N) is 2. The minimum Gasteiger partial charge on any atom is -0.296 e. The summed E-state index contributed by atoms with van der Waals surface area (Å²) in [6, 6.07) is 8.56. The normalized spacial score (nSPS) is 18.6. The van der Waals surface area contributed by atoms with E-state index in [-0.39, 0.29) is 0 Å². The van der Waals surface area contributed by atoms with E-state index < -0.39 is 10.0 Å². The first-order valence-corrected chi connectivity index (χ1v) is 9.37. The van der Waals surface area contributed by atoms with Gasteiger partial charge in [0.05, 0.1) is 6.26 Å². The van der Waals surface area contributed by atoms with Gasteiger partial charge in [0.1, 0.15) is 0 Å². The SMILES string of the molecule is CSc1ccc(CN2CCN(S(C)(=O)=O)CC2)cc1. The predicted molar refractivity (Wildman–Crippen MR) is 79.9 cm³/mol. The molecule has 6 heteroatoms. The molecule has 1 aliphatic rings. The lowest BCUT2D eigenvalue weighted by molar-refractivity contribution is 0.182. The molecule has 1 aromatic rings. The third-order valence-electron chi connectivity index (χ3n) is 3.37. The Morgan fingerprint density at radius 2 is 1.68 bits per heavy atom. The Morgan fingerprint density at radius 3 is 2.16 bits per heavy atom. The summed E-state index contributed by atoms with van der Waals surface area (Å²) in [5.74, 6) is 0. The van der Waals surface area contributed by atoms with E-state index in [1.165, 1.54) is 16.7 Å². The number of piperazine rings is 1. The van der Waals surface area contributed by atoms with Crippen LogP contribution in [0.2, 0.25) is 0 Å². The van der Waals surface area contributed by atoms with Gasteiger partial charge in [-0.25, -0.2) is 8.42 Å². The van der Waals surface area contributed by atoms with Crippen molar-refractivity contribution in [1.29, 1.82) is 0 Å². The molecular weight excluding hydrogens is 280 g/mol. The molecule has 0 saturated carbocycles. The third kappa shape index (κ3) is 4.21. The predicted octanol–water partition coefficient (Wildman–Crippen LogP) is 1.49. The van der Waals surface area contributed by atoms with Crippen LogP contribution in [0.4, 0.5) is 0 Å². The number of sulfonamides is 1. The van der Waals surface area contributed by atoms with E-state index in [4.69, 9.17) is 0 Å². The van der Waals surface area contributed by atoms with Gasteiger partial charge in [0, 0.05) is 37.6 Å². The fourth-order valence-electron chi connectivity index (χ4n) is 2.21. The maximum absolute atomic E-state index is 11.4. The Hall–Kier alpha value is -0.560. The van der Waals surface area contributed by atoms with Crippen molar-refractivity contribution in [3.05, 3.63) is 29.8 Å². The van der Waals surface area contributed by atoms with Crippen molar-refractivity contribution < 1.29 is 8.42 Å². The molecule has 0 amide bonds. The van der Waals surface area contributed by atoms with E-state index in [0.29, 0.717) is 13.1 Å². The molecule has 0 spiro atoms. The maximum Gasteiger partial charge on any atom is 0.211 e. The van der Waals surface area contributed by atoms with Crippen LogP contribution in [0.25, 0.3) is 0 Å². The van der Waals surface area contributed by atoms with Crippen molar-refractivity contribution in [3.63, 3.8) is 0 Å². The quantitative estimate of drug-likeness (QED) is 0.790. The summed E-state index contributed by atoms with van der Waals surface area (Å²) in [5, 5.41) is 0. The largest absolute Gasteiger partial charge is 0.296 e. The second-order valence-electron chi connectivity index (χ2n) is 4.79. The van der Waals surface area contributed by atoms with E-state index in [9.17, 15) is 8.42 Å². The van der Waals surface area contributed by atoms with Crippen LogP contribution in [-0.2, 0) is 16.6 Å². The van der Waals surface area contributed by atoms with E-state index in [1.807, 2.05) is 0 Å². The van der Waals surface area contributed by atoms with Gasteiger partial charge in [0.25, 0.3) is 0 Å². The minimum atomic E-state index is -3.03. The van der Waals surface area contributed by atoms with Crippen LogP contribution in [0.15, 0.2) is 29.2 Å². The van der Waals surface area contributed by atoms with Crippen molar-refractivity contribution in [2.75, 3.05) is 38.7 Å². The lowest BCUT2D eigenvalue weighted by Crippen LogP contribution is -2.47. The lowest BCUT2D eigenvalue weighted by atomic mass is 10.2. The summed E-state index contributed by atoms with van der Waals surface area (Å²) in [4.78, 5) is 3.57. The van der Waals surface area contributed by atoms with Crippen molar-refractivity contribution in [1.82, 2.24) is 9.21 Å². The molecule has 0 unspecified atom stereocenters. The average molecular weight is 300 g/mol. The van der Waals surface area contributed by atoms with Crippen LogP contribution >= 0.6 is 11.8 Å². The van der Waals surface area contributed by atoms with Crippen LogP contribution in [0.5, 0.6) is 0 Å². The first kappa shape index (κ1) is 14.8. The van der Waals surface area contributed by atoms with Gasteiger partial charge in [0.2, 0.25) is 10.0 Å². The molecule has 2 rings (SSSR count). The third-order valence-corrected chi connectivity index (χ3v) is 5.41. The Labute approximate surface area is 119 Å². The van der Waals surface area contributed by atoms with Crippen LogP contribution in [0.1, 0.15) is 5.56 Å². The molecule has 0 radical (unpaired) electrons. The average Bonchev–Trinajstić information content (AvgIpc) is 2.39. The second-order valence-corrected chi connectivity index (χ2v) is 7.65. The van der Waals surface area contributed by atoms with E-state index in [1.54, 1.807) is 16.1 Å². The number of hydrogen-bond donors (Lipinski definition) is 0. The van der Waals surface area contributed by atoms with Gasteiger partial charge in [-0.05, 0) is 24.0 Å². The molecule has 0 atom stereocenters. The van der Waals surface area contributed by atoms with Gasteiger partial charge < -0.3 is 0 Å². The van der Waals surface area contributed by atoms with Crippen molar-refractivity contribution in [3.8, 4) is 0 Å². The summed E-state index contributed by atoms with van der Waals surface area (Å²) in [6.07, 6.45) is 3.35. The lowest BCUT2D eigenvalue weighted by Gasteiger charge is -2.33. The molecule has 4 nitrogen and oxygen atoms in total. The summed E-state index contributed by atoms with van der Waals surface area (Å²) < 4.78 is 24.4. The molecule has 1 heterocycles. The van der Waals surface area contributed by atoms with Crippen molar-refractivity contribution in [2.45, 2.75) is 11.4 Å². The van der Waals surface area contributed by atoms with Crippen LogP contribution in [0, 0.1) is 0 Å². The zero-order valence-corrected chi connectivity index (χ0v) is 13.0. The highest BCUT2D eigenvalue weighted by Crippen LogP contribution is 2.16. The maximum atomic E-state index is 11.4. The highest BCUT2D eigenvalue weighted by molar-refractivity contribution is 7.98. The summed E-state index contributed by atoms with van der Waals surface area (Å²) in [7, 11) is -3.03. The van der Waals surface area contributed by atoms with Gasteiger partial charge in [-0.1, -0.05) is 12.1 Å². The smallest absolute Gasteiger partial charge is 0.211 e. The molecule has 1 aromatic carbocycles. The Balaban J connectivity index is 1.88. The van der Waals surface area contributed by atoms with Gasteiger partial charge in [0.15, 0.2) is 0 Å². The molecule has 1 aliphatic heterocycles. The standard InChI is InChI=1S/C13H20N2O2S2/c1-18-13-5-3-12(4-6-13)11-14-7-9-15(10-8-14)19(2,16)17/h3-6H,7-11H2,1-2H3. The number of benzene rings is 1. The van der Waals surface area contributed by atoms with Gasteiger partial charge in [-0.2, -0.15) is 4.31 Å². The minimum absolute atomic E-state index is 0.599. The molecular formula is C13H20N2O2S2. The van der Waals surface area contributed by atoms with Crippen molar-refractivity contribution in [2.24, 2.45) is 0 Å². The van der Waals surface area contributed by atoms with E-state index >= 15 is 0 Å². The first-order chi connectivity index (χ1) is 8.99. The van der Waals surface area contributed by atoms with Gasteiger partial charge >= 0.3 is 0 Å². The van der Waals surface area contributed by atoms with Crippen LogP contribution in [0.3, 0.4) is 0 Å². The molecule has 1 saturated heterocycles. The molecule has 0 aliphatic carbocycles. The van der Waals surface area contributed by atoms with Gasteiger partial charge in [-0.3, -0.25) is 4.90 Å². The number of hydrogen-bond acceptors (Lipinski definition) is 4. The molecule has 19 heavy (non-hydrogen) atoms. The molecule has 0 aromatic heterocycles. The molecule has 1 fully saturated rings. The summed E-state index contributed by atoms with van der Waals surface area (Å²) in [5.41, 5.74) is 1.28. The Bertz CT molecular complexity index is 506. The van der Waals surface area contributed by atoms with Crippen molar-refractivity contribution >= 4 is 21.8 Å². The second kappa shape index (κ2) is 6.26. The highest BCUT2D eigenvalue weighted by atomic mass is 32.2. The molecule has 106 valence electrons. The summed E-state index contributed by atoms with van der Waals surface area (Å²) >= 11 is 1.74. The fraction of sp³-hybridized carbons (Fsp3) is 0.538. The van der Waals surface area contributed by atoms with E-state index in [2.05, 4.69) is 35.4 Å². The topological polar surface area (TPSA) is 40.6 Å². The van der Waals surface area contributed by atoms with Crippen LogP contribution in [-0.4, -0.2) is 56.3 Å². The molecule has 0 N–H and O–H groups in total. The Kier molecular flexibility index (Phi) is 4.89. The number of rotatable bonds is 4. The Morgan fingerprint density at radius 1 is 1.11 bits per heavy atom. The highest BCUT2D eigenvalue weighted by Gasteiger charge is 2.23. The monoisotopic (exact) mass is 300 g/mol. The van der Waals surface area contributed by atoms with E-state index in [0.717, 1.165) is 19.6 Å².